The molecule has 0 atom stereocenters. The van der Waals surface area contributed by atoms with Crippen LogP contribution in [0, 0.1) is 5.41 Å². The molecule has 1 fully saturated rings. The number of hydrogen-bond acceptors (Lipinski definition) is 3. The van der Waals surface area contributed by atoms with Crippen LogP contribution in [0.25, 0.3) is 0 Å². The average Bonchev–Trinajstić information content (AvgIpc) is 2.30. The molecule has 86 valence electrons. The lowest BCUT2D eigenvalue weighted by atomic mass is 10.1. The number of ether oxygens (including phenoxy) is 1. The van der Waals surface area contributed by atoms with Crippen molar-refractivity contribution in [2.45, 2.75) is 6.42 Å². The summed E-state index contributed by atoms with van der Waals surface area (Å²) < 4.78 is 5.31. The fraction of sp³-hybridized carbons (Fsp3) is 0.417. The number of anilines is 1. The van der Waals surface area contributed by atoms with E-state index in [-0.39, 0.29) is 5.84 Å². The van der Waals surface area contributed by atoms with E-state index in [1.165, 1.54) is 5.69 Å². The molecule has 1 aliphatic rings. The van der Waals surface area contributed by atoms with Crippen molar-refractivity contribution >= 4 is 11.5 Å². The average molecular weight is 219 g/mol. The summed E-state index contributed by atoms with van der Waals surface area (Å²) in [6.45, 7) is 3.50. The fourth-order valence-electron chi connectivity index (χ4n) is 1.87. The van der Waals surface area contributed by atoms with Crippen LogP contribution in [0.1, 0.15) is 5.56 Å². The molecule has 3 N–H and O–H groups in total. The van der Waals surface area contributed by atoms with E-state index in [1.807, 2.05) is 12.1 Å². The van der Waals surface area contributed by atoms with Gasteiger partial charge in [0.2, 0.25) is 0 Å². The highest BCUT2D eigenvalue weighted by Gasteiger charge is 2.10. The van der Waals surface area contributed by atoms with Crippen LogP contribution in [-0.4, -0.2) is 32.1 Å². The van der Waals surface area contributed by atoms with E-state index in [1.54, 1.807) is 0 Å². The van der Waals surface area contributed by atoms with Gasteiger partial charge in [0.05, 0.1) is 19.0 Å². The molecule has 4 nitrogen and oxygen atoms in total. The second kappa shape index (κ2) is 4.99. The number of nitrogens with one attached hydrogen (secondary N) is 1. The van der Waals surface area contributed by atoms with Gasteiger partial charge in [-0.15, -0.1) is 0 Å². The molecule has 1 aliphatic heterocycles. The van der Waals surface area contributed by atoms with Gasteiger partial charge in [-0.2, -0.15) is 0 Å². The Kier molecular flexibility index (Phi) is 3.41. The number of benzene rings is 1. The molecule has 0 bridgehead atoms. The van der Waals surface area contributed by atoms with Gasteiger partial charge in [0.1, 0.15) is 0 Å². The van der Waals surface area contributed by atoms with E-state index in [4.69, 9.17) is 15.9 Å². The van der Waals surface area contributed by atoms with E-state index >= 15 is 0 Å². The zero-order chi connectivity index (χ0) is 11.4. The van der Waals surface area contributed by atoms with Crippen LogP contribution < -0.4 is 10.6 Å². The minimum absolute atomic E-state index is 0.208. The Morgan fingerprint density at radius 2 is 1.88 bits per heavy atom. The van der Waals surface area contributed by atoms with Crippen LogP contribution in [0.4, 0.5) is 5.69 Å². The predicted octanol–water partition coefficient (Wildman–Crippen LogP) is 1.00. The summed E-state index contributed by atoms with van der Waals surface area (Å²) in [5, 5.41) is 7.23. The predicted molar refractivity (Wildman–Crippen MR) is 65.1 cm³/mol. The van der Waals surface area contributed by atoms with Crippen molar-refractivity contribution in [3.8, 4) is 0 Å². The summed E-state index contributed by atoms with van der Waals surface area (Å²) in [6, 6.07) is 8.24. The Balaban J connectivity index is 2.03. The fourth-order valence-corrected chi connectivity index (χ4v) is 1.87. The first-order valence-electron chi connectivity index (χ1n) is 5.50. The molecule has 0 aromatic heterocycles. The molecular weight excluding hydrogens is 202 g/mol. The van der Waals surface area contributed by atoms with Crippen LogP contribution in [0.15, 0.2) is 24.3 Å². The summed E-state index contributed by atoms with van der Waals surface area (Å²) in [5.74, 6) is 0.208. The lowest BCUT2D eigenvalue weighted by Crippen LogP contribution is -2.36. The monoisotopic (exact) mass is 219 g/mol. The van der Waals surface area contributed by atoms with Crippen molar-refractivity contribution in [3.05, 3.63) is 29.8 Å². The number of hydrogen-bond donors (Lipinski definition) is 2. The molecule has 1 aromatic rings. The molecule has 0 aliphatic carbocycles. The maximum atomic E-state index is 7.23. The highest BCUT2D eigenvalue weighted by atomic mass is 16.5. The van der Waals surface area contributed by atoms with Crippen LogP contribution >= 0.6 is 0 Å². The van der Waals surface area contributed by atoms with Crippen LogP contribution in [-0.2, 0) is 11.2 Å². The standard InChI is InChI=1S/C12H17N3O/c13-12(14)9-10-1-3-11(4-2-10)15-5-7-16-8-6-15/h1-4H,5-9H2,(H3,13,14). The summed E-state index contributed by atoms with van der Waals surface area (Å²) >= 11 is 0. The molecule has 0 spiro atoms. The van der Waals surface area contributed by atoms with Crippen molar-refractivity contribution in [1.82, 2.24) is 0 Å². The van der Waals surface area contributed by atoms with E-state index in [9.17, 15) is 0 Å². The minimum Gasteiger partial charge on any atom is -0.387 e. The number of nitrogens with two attached hydrogens (primary N) is 1. The van der Waals surface area contributed by atoms with Crippen molar-refractivity contribution < 1.29 is 4.74 Å². The van der Waals surface area contributed by atoms with Gasteiger partial charge in [0, 0.05) is 25.2 Å². The van der Waals surface area contributed by atoms with E-state index in [0.29, 0.717) is 6.42 Å². The zero-order valence-corrected chi connectivity index (χ0v) is 9.28. The maximum absolute atomic E-state index is 7.23. The van der Waals surface area contributed by atoms with Crippen molar-refractivity contribution in [3.63, 3.8) is 0 Å². The van der Waals surface area contributed by atoms with Crippen LogP contribution in [0.3, 0.4) is 0 Å². The first-order chi connectivity index (χ1) is 7.75. The Morgan fingerprint density at radius 1 is 1.25 bits per heavy atom. The van der Waals surface area contributed by atoms with Gasteiger partial charge in [-0.1, -0.05) is 12.1 Å². The molecule has 16 heavy (non-hydrogen) atoms. The smallest absolute Gasteiger partial charge is 0.0950 e. The molecule has 1 aromatic carbocycles. The van der Waals surface area contributed by atoms with Gasteiger partial charge in [-0.25, -0.2) is 0 Å². The second-order valence-electron chi connectivity index (χ2n) is 3.97. The molecule has 4 heteroatoms. The second-order valence-corrected chi connectivity index (χ2v) is 3.97. The zero-order valence-electron chi connectivity index (χ0n) is 9.28. The molecule has 2 rings (SSSR count). The number of morpholine rings is 1. The van der Waals surface area contributed by atoms with Gasteiger partial charge in [-0.3, -0.25) is 5.41 Å². The lowest BCUT2D eigenvalue weighted by molar-refractivity contribution is 0.122. The van der Waals surface area contributed by atoms with Crippen molar-refractivity contribution in [1.29, 1.82) is 5.41 Å². The molecule has 1 saturated heterocycles. The minimum atomic E-state index is 0.208. The molecule has 0 amide bonds. The first-order valence-corrected chi connectivity index (χ1v) is 5.50. The molecular formula is C12H17N3O. The van der Waals surface area contributed by atoms with Gasteiger partial charge < -0.3 is 15.4 Å². The maximum Gasteiger partial charge on any atom is 0.0950 e. The molecule has 0 radical (unpaired) electrons. The van der Waals surface area contributed by atoms with Gasteiger partial charge in [0.25, 0.3) is 0 Å². The number of rotatable bonds is 3. The third-order valence-electron chi connectivity index (χ3n) is 2.71. The Morgan fingerprint density at radius 3 is 2.44 bits per heavy atom. The summed E-state index contributed by atoms with van der Waals surface area (Å²) in [7, 11) is 0. The van der Waals surface area contributed by atoms with Gasteiger partial charge >= 0.3 is 0 Å². The summed E-state index contributed by atoms with van der Waals surface area (Å²) in [6.07, 6.45) is 0.531. The number of amidine groups is 1. The topological polar surface area (TPSA) is 62.3 Å². The highest BCUT2D eigenvalue weighted by molar-refractivity contribution is 5.79. The van der Waals surface area contributed by atoms with Gasteiger partial charge in [0.15, 0.2) is 0 Å². The summed E-state index contributed by atoms with van der Waals surface area (Å²) in [5.41, 5.74) is 7.67. The highest BCUT2D eigenvalue weighted by Crippen LogP contribution is 2.16. The first kappa shape index (κ1) is 11.0. The van der Waals surface area contributed by atoms with Crippen molar-refractivity contribution in [2.75, 3.05) is 31.2 Å². The largest absolute Gasteiger partial charge is 0.387 e. The number of nitrogens with zero attached hydrogens (tertiary/aromatic N) is 1. The Labute approximate surface area is 95.5 Å². The summed E-state index contributed by atoms with van der Waals surface area (Å²) in [4.78, 5) is 2.31. The quantitative estimate of drug-likeness (QED) is 0.589. The SMILES string of the molecule is N=C(N)Cc1ccc(N2CCOCC2)cc1. The third kappa shape index (κ3) is 2.73. The van der Waals surface area contributed by atoms with Crippen LogP contribution in [0.5, 0.6) is 0 Å². The normalized spacial score (nSPS) is 16.1. The molecule has 0 saturated carbocycles. The third-order valence-corrected chi connectivity index (χ3v) is 2.71. The Bertz CT molecular complexity index is 355. The van der Waals surface area contributed by atoms with Crippen LogP contribution in [0.2, 0.25) is 0 Å². The van der Waals surface area contributed by atoms with E-state index in [2.05, 4.69) is 17.0 Å². The van der Waals surface area contributed by atoms with E-state index < -0.39 is 0 Å². The van der Waals surface area contributed by atoms with Gasteiger partial charge in [-0.05, 0) is 17.7 Å². The molecule has 1 heterocycles. The molecule has 0 unspecified atom stereocenters. The lowest BCUT2D eigenvalue weighted by Gasteiger charge is -2.28. The van der Waals surface area contributed by atoms with E-state index in [0.717, 1.165) is 31.9 Å². The Hall–Kier alpha value is -1.55. The van der Waals surface area contributed by atoms with Crippen molar-refractivity contribution in [2.24, 2.45) is 5.73 Å².